The second-order valence-electron chi connectivity index (χ2n) is 7.30. The van der Waals surface area contributed by atoms with Gasteiger partial charge in [-0.1, -0.05) is 24.3 Å². The molecule has 0 amide bonds. The topological polar surface area (TPSA) is 102 Å². The van der Waals surface area contributed by atoms with Gasteiger partial charge in [0.25, 0.3) is 0 Å². The summed E-state index contributed by atoms with van der Waals surface area (Å²) in [5.74, 6) is 0.169. The Labute approximate surface area is 186 Å². The van der Waals surface area contributed by atoms with Crippen molar-refractivity contribution in [3.63, 3.8) is 0 Å². The molecule has 0 unspecified atom stereocenters. The molecule has 3 aromatic rings. The number of sulfonamides is 1. The van der Waals surface area contributed by atoms with Crippen LogP contribution in [0, 0.1) is 10.1 Å². The lowest BCUT2D eigenvalue weighted by atomic mass is 10.0. The summed E-state index contributed by atoms with van der Waals surface area (Å²) in [6.07, 6.45) is 2.17. The van der Waals surface area contributed by atoms with E-state index in [0.717, 1.165) is 5.56 Å². The molecule has 0 atom stereocenters. The van der Waals surface area contributed by atoms with Crippen molar-refractivity contribution in [2.75, 3.05) is 13.7 Å². The van der Waals surface area contributed by atoms with Gasteiger partial charge in [0.1, 0.15) is 0 Å². The minimum absolute atomic E-state index is 0.152. The fourth-order valence-corrected chi connectivity index (χ4v) is 5.03. The second kappa shape index (κ2) is 8.89. The number of nitro groups is 1. The Hall–Kier alpha value is -3.56. The second-order valence-corrected chi connectivity index (χ2v) is 9.24. The first-order valence-electron chi connectivity index (χ1n) is 9.92. The van der Waals surface area contributed by atoms with E-state index in [1.807, 2.05) is 24.3 Å². The number of benzene rings is 3. The third-order valence-corrected chi connectivity index (χ3v) is 7.19. The van der Waals surface area contributed by atoms with Gasteiger partial charge in [-0.05, 0) is 59.5 Å². The van der Waals surface area contributed by atoms with E-state index >= 15 is 0 Å². The molecule has 32 heavy (non-hydrogen) atoms. The van der Waals surface area contributed by atoms with Crippen molar-refractivity contribution in [1.82, 2.24) is 4.31 Å². The van der Waals surface area contributed by atoms with Gasteiger partial charge in [0.05, 0.1) is 22.6 Å². The van der Waals surface area contributed by atoms with Gasteiger partial charge < -0.3 is 4.74 Å². The zero-order valence-corrected chi connectivity index (χ0v) is 18.2. The first-order chi connectivity index (χ1) is 15.4. The van der Waals surface area contributed by atoms with Crippen molar-refractivity contribution in [3.05, 3.63) is 93.5 Å². The van der Waals surface area contributed by atoms with Crippen LogP contribution in [0.25, 0.3) is 0 Å². The molecule has 9 heteroatoms. The highest BCUT2D eigenvalue weighted by Crippen LogP contribution is 2.28. The average Bonchev–Trinajstić information content (AvgIpc) is 2.82. The summed E-state index contributed by atoms with van der Waals surface area (Å²) < 4.78 is 32.6. The van der Waals surface area contributed by atoms with Crippen LogP contribution in [0.2, 0.25) is 0 Å². The largest absolute Gasteiger partial charge is 0.490 e. The Morgan fingerprint density at radius 1 is 1.06 bits per heavy atom. The number of fused-ring (bicyclic) bond motifs is 1. The normalized spacial score (nSPS) is 14.3. The lowest BCUT2D eigenvalue weighted by Crippen LogP contribution is -2.35. The van der Waals surface area contributed by atoms with Crippen LogP contribution in [-0.2, 0) is 23.0 Å². The first kappa shape index (κ1) is 21.7. The summed E-state index contributed by atoms with van der Waals surface area (Å²) >= 11 is 0. The number of hydrogen-bond acceptors (Lipinski definition) is 6. The van der Waals surface area contributed by atoms with E-state index in [-0.39, 0.29) is 16.3 Å². The quantitative estimate of drug-likeness (QED) is 0.319. The molecule has 0 aromatic heterocycles. The highest BCUT2D eigenvalue weighted by atomic mass is 32.2. The Morgan fingerprint density at radius 3 is 2.47 bits per heavy atom. The molecule has 164 valence electrons. The maximum atomic E-state index is 13.1. The minimum Gasteiger partial charge on any atom is -0.490 e. The Bertz CT molecular complexity index is 1290. The molecule has 3 aromatic carbocycles. The fourth-order valence-electron chi connectivity index (χ4n) is 3.61. The number of aliphatic imine (C=N–C) groups is 1. The summed E-state index contributed by atoms with van der Waals surface area (Å²) in [6, 6.07) is 18.7. The van der Waals surface area contributed by atoms with E-state index in [0.29, 0.717) is 30.8 Å². The Balaban J connectivity index is 1.51. The van der Waals surface area contributed by atoms with E-state index in [9.17, 15) is 18.5 Å². The number of nitrogens with zero attached hydrogens (tertiary/aromatic N) is 3. The molecule has 0 bridgehead atoms. The van der Waals surface area contributed by atoms with Gasteiger partial charge in [-0.3, -0.25) is 15.1 Å². The van der Waals surface area contributed by atoms with Crippen molar-refractivity contribution >= 4 is 27.6 Å². The summed E-state index contributed by atoms with van der Waals surface area (Å²) in [7, 11) is -2.25. The van der Waals surface area contributed by atoms with Crippen molar-refractivity contribution < 1.29 is 18.1 Å². The molecule has 4 rings (SSSR count). The van der Waals surface area contributed by atoms with Crippen molar-refractivity contribution in [2.45, 2.75) is 17.9 Å². The molecule has 0 fully saturated rings. The van der Waals surface area contributed by atoms with Gasteiger partial charge in [-0.15, -0.1) is 0 Å². The zero-order chi connectivity index (χ0) is 22.7. The third kappa shape index (κ3) is 4.39. The van der Waals surface area contributed by atoms with Crippen LogP contribution in [0.5, 0.6) is 5.75 Å². The molecular formula is C23H21N3O5S. The molecule has 0 radical (unpaired) electrons. The van der Waals surface area contributed by atoms with Gasteiger partial charge >= 0.3 is 5.69 Å². The highest BCUT2D eigenvalue weighted by molar-refractivity contribution is 7.89. The molecule has 0 saturated heterocycles. The summed E-state index contributed by atoms with van der Waals surface area (Å²) in [4.78, 5) is 15.1. The molecule has 8 nitrogen and oxygen atoms in total. The maximum absolute atomic E-state index is 13.1. The predicted octanol–water partition coefficient (Wildman–Crippen LogP) is 4.10. The Kier molecular flexibility index (Phi) is 6.02. The molecule has 1 aliphatic heterocycles. The average molecular weight is 452 g/mol. The van der Waals surface area contributed by atoms with Crippen molar-refractivity contribution in [2.24, 2.45) is 4.99 Å². The summed E-state index contributed by atoms with van der Waals surface area (Å²) in [5, 5.41) is 11.2. The standard InChI is InChI=1S/C23H21N3O5S/c1-31-23-11-6-17(14-22(23)26(27)28)15-24-20-7-9-21(10-8-20)32(29,30)25-13-12-18-4-2-3-5-19(18)16-25/h2-11,14-15H,12-13,16H2,1H3. The van der Waals surface area contributed by atoms with Gasteiger partial charge in [-0.25, -0.2) is 8.42 Å². The molecular weight excluding hydrogens is 430 g/mol. The van der Waals surface area contributed by atoms with E-state index in [4.69, 9.17) is 4.74 Å². The molecule has 1 heterocycles. The van der Waals surface area contributed by atoms with Gasteiger partial charge in [0.15, 0.2) is 5.75 Å². The van der Waals surface area contributed by atoms with E-state index < -0.39 is 14.9 Å². The van der Waals surface area contributed by atoms with E-state index in [1.54, 1.807) is 18.2 Å². The van der Waals surface area contributed by atoms with Crippen LogP contribution in [0.4, 0.5) is 11.4 Å². The van der Waals surface area contributed by atoms with Crippen molar-refractivity contribution in [1.29, 1.82) is 0 Å². The number of ether oxygens (including phenoxy) is 1. The van der Waals surface area contributed by atoms with Gasteiger partial charge in [0, 0.05) is 25.4 Å². The Morgan fingerprint density at radius 2 is 1.78 bits per heavy atom. The maximum Gasteiger partial charge on any atom is 0.311 e. The molecule has 0 spiro atoms. The number of rotatable bonds is 6. The monoisotopic (exact) mass is 451 g/mol. The zero-order valence-electron chi connectivity index (χ0n) is 17.3. The first-order valence-corrected chi connectivity index (χ1v) is 11.4. The SMILES string of the molecule is COc1ccc(C=Nc2ccc(S(=O)(=O)N3CCc4ccccc4C3)cc2)cc1[N+](=O)[O-]. The third-order valence-electron chi connectivity index (χ3n) is 5.33. The summed E-state index contributed by atoms with van der Waals surface area (Å²) in [6.45, 7) is 0.796. The van der Waals surface area contributed by atoms with E-state index in [2.05, 4.69) is 4.99 Å². The lowest BCUT2D eigenvalue weighted by Gasteiger charge is -2.28. The van der Waals surface area contributed by atoms with Crippen LogP contribution in [-0.4, -0.2) is 37.5 Å². The lowest BCUT2D eigenvalue weighted by molar-refractivity contribution is -0.385. The number of hydrogen-bond donors (Lipinski definition) is 0. The van der Waals surface area contributed by atoms with Crippen LogP contribution < -0.4 is 4.74 Å². The van der Waals surface area contributed by atoms with Crippen molar-refractivity contribution in [3.8, 4) is 5.75 Å². The van der Waals surface area contributed by atoms with Crippen LogP contribution in [0.15, 0.2) is 76.6 Å². The molecule has 0 saturated carbocycles. The molecule has 1 aliphatic rings. The fraction of sp³-hybridized carbons (Fsp3) is 0.174. The van der Waals surface area contributed by atoms with Gasteiger partial charge in [-0.2, -0.15) is 4.31 Å². The highest BCUT2D eigenvalue weighted by Gasteiger charge is 2.28. The van der Waals surface area contributed by atoms with E-state index in [1.165, 1.54) is 47.5 Å². The van der Waals surface area contributed by atoms with Crippen LogP contribution in [0.1, 0.15) is 16.7 Å². The summed E-state index contributed by atoms with van der Waals surface area (Å²) in [5.41, 5.74) is 3.12. The predicted molar refractivity (Wildman–Crippen MR) is 121 cm³/mol. The minimum atomic E-state index is -3.62. The van der Waals surface area contributed by atoms with Crippen LogP contribution >= 0.6 is 0 Å². The molecule has 0 aliphatic carbocycles. The number of nitro benzene ring substituents is 1. The molecule has 0 N–H and O–H groups in total. The number of methoxy groups -OCH3 is 1. The van der Waals surface area contributed by atoms with Gasteiger partial charge in [0.2, 0.25) is 10.0 Å². The van der Waals surface area contributed by atoms with Crippen LogP contribution in [0.3, 0.4) is 0 Å². The smallest absolute Gasteiger partial charge is 0.311 e.